The monoisotopic (exact) mass is 656 g/mol. The maximum atomic E-state index is 11.1. The summed E-state index contributed by atoms with van der Waals surface area (Å²) in [5, 5.41) is 13.6. The van der Waals surface area contributed by atoms with Crippen molar-refractivity contribution >= 4 is 18.7 Å². The van der Waals surface area contributed by atoms with Gasteiger partial charge in [0, 0.05) is 19.6 Å². The molecule has 47 heavy (non-hydrogen) atoms. The zero-order chi connectivity index (χ0) is 33.9. The summed E-state index contributed by atoms with van der Waals surface area (Å²) in [6.07, 6.45) is 3.93. The summed E-state index contributed by atoms with van der Waals surface area (Å²) < 4.78 is 24.7. The van der Waals surface area contributed by atoms with Crippen molar-refractivity contribution in [3.63, 3.8) is 0 Å². The van der Waals surface area contributed by atoms with E-state index in [0.29, 0.717) is 32.7 Å². The second-order valence-electron chi connectivity index (χ2n) is 14.2. The minimum Gasteiger partial charge on any atom is -0.497 e. The maximum Gasteiger partial charge on any atom is 0.261 e. The highest BCUT2D eigenvalue weighted by Crippen LogP contribution is 2.37. The lowest BCUT2D eigenvalue weighted by Gasteiger charge is -2.43. The lowest BCUT2D eigenvalue weighted by Crippen LogP contribution is -2.66. The van der Waals surface area contributed by atoms with Gasteiger partial charge in [-0.2, -0.15) is 0 Å². The van der Waals surface area contributed by atoms with E-state index in [1.54, 1.807) is 7.11 Å². The molecule has 0 unspecified atom stereocenters. The van der Waals surface area contributed by atoms with Crippen LogP contribution in [0.25, 0.3) is 0 Å². The van der Waals surface area contributed by atoms with Gasteiger partial charge in [0.2, 0.25) is 0 Å². The summed E-state index contributed by atoms with van der Waals surface area (Å²) in [7, 11) is -0.909. The summed E-state index contributed by atoms with van der Waals surface area (Å²) in [6.45, 7) is 19.6. The molecule has 0 spiro atoms. The summed E-state index contributed by atoms with van der Waals surface area (Å²) in [6, 6.07) is 29.5. The Bertz CT molecular complexity index is 1340. The number of aliphatic hydroxyl groups is 1. The molecule has 1 fully saturated rings. The molecule has 6 heteroatoms. The van der Waals surface area contributed by atoms with Gasteiger partial charge in [0.15, 0.2) is 0 Å². The maximum absolute atomic E-state index is 11.1. The Morgan fingerprint density at radius 3 is 2.09 bits per heavy atom. The summed E-state index contributed by atoms with van der Waals surface area (Å²) >= 11 is 0. The van der Waals surface area contributed by atoms with Gasteiger partial charge in [-0.05, 0) is 71.1 Å². The number of methoxy groups -OCH3 is 1. The highest BCUT2D eigenvalue weighted by molar-refractivity contribution is 6.99. The van der Waals surface area contributed by atoms with E-state index >= 15 is 0 Å². The number of hydrogen-bond acceptors (Lipinski definition) is 5. The molecule has 0 amide bonds. The smallest absolute Gasteiger partial charge is 0.261 e. The summed E-state index contributed by atoms with van der Waals surface area (Å²) in [4.78, 5) is 0. The Morgan fingerprint density at radius 2 is 1.51 bits per heavy atom. The third-order valence-corrected chi connectivity index (χ3v) is 14.5. The van der Waals surface area contributed by atoms with E-state index in [-0.39, 0.29) is 23.2 Å². The van der Waals surface area contributed by atoms with Crippen LogP contribution in [0.3, 0.4) is 0 Å². The van der Waals surface area contributed by atoms with E-state index in [0.717, 1.165) is 42.6 Å². The second kappa shape index (κ2) is 17.4. The molecule has 3 aromatic carbocycles. The van der Waals surface area contributed by atoms with Crippen molar-refractivity contribution in [2.45, 2.75) is 96.2 Å². The third kappa shape index (κ3) is 10.2. The van der Waals surface area contributed by atoms with Crippen LogP contribution in [0.4, 0.5) is 0 Å². The van der Waals surface area contributed by atoms with Crippen molar-refractivity contribution in [3.05, 3.63) is 115 Å². The molecular weight excluding hydrogens is 601 g/mol. The molecule has 1 heterocycles. The van der Waals surface area contributed by atoms with Gasteiger partial charge in [0.1, 0.15) is 5.75 Å². The van der Waals surface area contributed by atoms with Crippen molar-refractivity contribution in [1.82, 2.24) is 0 Å². The Hall–Kier alpha value is -3.00. The molecule has 0 bridgehead atoms. The first-order valence-corrected chi connectivity index (χ1v) is 19.1. The van der Waals surface area contributed by atoms with Gasteiger partial charge in [-0.25, -0.2) is 0 Å². The van der Waals surface area contributed by atoms with E-state index < -0.39 is 14.4 Å². The molecule has 1 N–H and O–H groups in total. The van der Waals surface area contributed by atoms with Crippen molar-refractivity contribution in [1.29, 1.82) is 0 Å². The fourth-order valence-corrected chi connectivity index (χ4v) is 11.4. The Labute approximate surface area is 284 Å². The normalized spacial score (nSPS) is 18.5. The van der Waals surface area contributed by atoms with E-state index in [2.05, 4.69) is 102 Å². The predicted molar refractivity (Wildman–Crippen MR) is 196 cm³/mol. The molecule has 1 aliphatic rings. The van der Waals surface area contributed by atoms with E-state index in [9.17, 15) is 5.11 Å². The molecular formula is C41H56O5Si. The van der Waals surface area contributed by atoms with Gasteiger partial charge in [0.05, 0.1) is 32.0 Å². The Kier molecular flexibility index (Phi) is 13.6. The fraction of sp³-hybridized carbons (Fsp3) is 0.463. The Morgan fingerprint density at radius 1 is 0.915 bits per heavy atom. The van der Waals surface area contributed by atoms with E-state index in [1.807, 2.05) is 24.3 Å². The highest BCUT2D eigenvalue weighted by Gasteiger charge is 2.50. The van der Waals surface area contributed by atoms with Crippen LogP contribution in [0.5, 0.6) is 5.75 Å². The van der Waals surface area contributed by atoms with Crippen LogP contribution in [0.15, 0.2) is 109 Å². The van der Waals surface area contributed by atoms with E-state index in [4.69, 9.17) is 18.6 Å². The second-order valence-corrected chi connectivity index (χ2v) is 18.5. The molecule has 0 radical (unpaired) electrons. The quantitative estimate of drug-likeness (QED) is 0.0907. The van der Waals surface area contributed by atoms with Crippen LogP contribution in [0.2, 0.25) is 5.04 Å². The zero-order valence-corrected chi connectivity index (χ0v) is 30.3. The lowest BCUT2D eigenvalue weighted by atomic mass is 9.90. The first-order chi connectivity index (χ1) is 22.5. The predicted octanol–water partition coefficient (Wildman–Crippen LogP) is 8.01. The van der Waals surface area contributed by atoms with Crippen molar-refractivity contribution in [2.24, 2.45) is 5.92 Å². The van der Waals surface area contributed by atoms with Crippen LogP contribution in [0.1, 0.15) is 71.8 Å². The van der Waals surface area contributed by atoms with Crippen molar-refractivity contribution in [3.8, 4) is 5.75 Å². The van der Waals surface area contributed by atoms with Gasteiger partial charge < -0.3 is 23.7 Å². The van der Waals surface area contributed by atoms with Crippen molar-refractivity contribution < 1.29 is 23.7 Å². The van der Waals surface area contributed by atoms with Gasteiger partial charge >= 0.3 is 0 Å². The average Bonchev–Trinajstić information content (AvgIpc) is 3.05. The van der Waals surface area contributed by atoms with Gasteiger partial charge in [-0.15, -0.1) is 0 Å². The van der Waals surface area contributed by atoms with Crippen LogP contribution in [0, 0.1) is 5.92 Å². The van der Waals surface area contributed by atoms with Crippen LogP contribution in [-0.4, -0.2) is 52.1 Å². The fourth-order valence-electron chi connectivity index (χ4n) is 6.78. The summed E-state index contributed by atoms with van der Waals surface area (Å²) in [5.74, 6) is 1.06. The molecule has 5 nitrogen and oxygen atoms in total. The molecule has 0 saturated carbocycles. The van der Waals surface area contributed by atoms with Crippen LogP contribution in [-0.2, 0) is 20.5 Å². The topological polar surface area (TPSA) is 57.2 Å². The lowest BCUT2D eigenvalue weighted by molar-refractivity contribution is -0.0644. The molecule has 4 atom stereocenters. The molecule has 3 aromatic rings. The molecule has 0 aromatic heterocycles. The van der Waals surface area contributed by atoms with Gasteiger partial charge in [-0.1, -0.05) is 125 Å². The number of rotatable bonds is 17. The minimum atomic E-state index is -2.58. The van der Waals surface area contributed by atoms with Crippen LogP contribution < -0.4 is 15.1 Å². The molecule has 254 valence electrons. The van der Waals surface area contributed by atoms with Gasteiger partial charge in [-0.3, -0.25) is 0 Å². The van der Waals surface area contributed by atoms with Crippen LogP contribution >= 0.6 is 0 Å². The number of hydrogen-bond donors (Lipinski definition) is 1. The van der Waals surface area contributed by atoms with Crippen molar-refractivity contribution in [2.75, 3.05) is 20.3 Å². The van der Waals surface area contributed by atoms with Gasteiger partial charge in [0.25, 0.3) is 8.32 Å². The zero-order valence-electron chi connectivity index (χ0n) is 29.3. The molecule has 4 rings (SSSR count). The summed E-state index contributed by atoms with van der Waals surface area (Å²) in [5.41, 5.74) is 3.35. The SMILES string of the molecule is C=C1C[C@H](CCOCc2ccc(OC)cc2)O[C@H](C[C@@H](O)CC(=C)[C@@H](C)CCO[Si](c2ccccc2)(c2ccccc2)C(C)(C)C)C1. The number of ether oxygens (including phenoxy) is 3. The Balaban J connectivity index is 1.25. The molecule has 1 saturated heterocycles. The molecule has 1 aliphatic heterocycles. The highest BCUT2D eigenvalue weighted by atomic mass is 28.4. The standard InChI is InChI=1S/C41H56O5Si/c1-31-26-37(23-24-44-30-34-18-20-36(43-7)21-19-34)46-38(27-31)29-35(42)28-33(3)32(2)22-25-45-47(41(4,5)6,39-14-10-8-11-15-39)40-16-12-9-13-17-40/h8-21,32,35,37-38,42H,1,3,22-30H2,2,4-7H3/t32-,35-,37-,38-/m0/s1. The third-order valence-electron chi connectivity index (χ3n) is 9.45. The first-order valence-electron chi connectivity index (χ1n) is 17.1. The minimum absolute atomic E-state index is 0.0422. The van der Waals surface area contributed by atoms with E-state index in [1.165, 1.54) is 15.9 Å². The molecule has 0 aliphatic carbocycles. The largest absolute Gasteiger partial charge is 0.497 e. The number of aliphatic hydroxyl groups excluding tert-OH is 1. The average molecular weight is 657 g/mol. The number of benzene rings is 3. The first kappa shape index (κ1) is 36.8.